The van der Waals surface area contributed by atoms with Crippen LogP contribution < -0.4 is 5.32 Å². The Morgan fingerprint density at radius 1 is 1.50 bits per heavy atom. The van der Waals surface area contributed by atoms with Crippen molar-refractivity contribution >= 4 is 5.91 Å². The summed E-state index contributed by atoms with van der Waals surface area (Å²) in [6, 6.07) is 6.06. The van der Waals surface area contributed by atoms with E-state index in [2.05, 4.69) is 20.5 Å². The van der Waals surface area contributed by atoms with Crippen LogP contribution in [0.15, 0.2) is 24.3 Å². The molecule has 0 aliphatic heterocycles. The number of benzene rings is 1. The number of carbonyl (C=O) groups excluding carboxylic acids is 1. The van der Waals surface area contributed by atoms with E-state index >= 15 is 0 Å². The fourth-order valence-electron chi connectivity index (χ4n) is 1.46. The Hall–Kier alpha value is -2.24. The maximum Gasteiger partial charge on any atom is 0.291 e. The van der Waals surface area contributed by atoms with Gasteiger partial charge in [-0.15, -0.1) is 5.10 Å². The number of amides is 1. The third-order valence-corrected chi connectivity index (χ3v) is 2.41. The lowest BCUT2D eigenvalue weighted by Gasteiger charge is -2.02. The highest BCUT2D eigenvalue weighted by Gasteiger charge is 2.11. The average molecular weight is 248 g/mol. The van der Waals surface area contributed by atoms with Crippen LogP contribution in [-0.2, 0) is 13.0 Å². The topological polar surface area (TPSA) is 70.7 Å². The lowest BCUT2D eigenvalue weighted by molar-refractivity contribution is 0.0941. The largest absolute Gasteiger partial charge is 0.345 e. The van der Waals surface area contributed by atoms with Gasteiger partial charge in [0.25, 0.3) is 5.91 Å². The van der Waals surface area contributed by atoms with Gasteiger partial charge >= 0.3 is 0 Å². The van der Waals surface area contributed by atoms with Crippen molar-refractivity contribution in [1.29, 1.82) is 0 Å². The van der Waals surface area contributed by atoms with Gasteiger partial charge in [-0.2, -0.15) is 0 Å². The molecule has 0 radical (unpaired) electrons. The molecule has 6 heteroatoms. The second-order valence-electron chi connectivity index (χ2n) is 3.77. The van der Waals surface area contributed by atoms with Crippen LogP contribution >= 0.6 is 0 Å². The second kappa shape index (κ2) is 5.39. The van der Waals surface area contributed by atoms with Gasteiger partial charge in [0.2, 0.25) is 5.82 Å². The van der Waals surface area contributed by atoms with Crippen molar-refractivity contribution in [2.24, 2.45) is 0 Å². The summed E-state index contributed by atoms with van der Waals surface area (Å²) in [6.45, 7) is 2.15. The van der Waals surface area contributed by atoms with Crippen LogP contribution in [0.2, 0.25) is 0 Å². The summed E-state index contributed by atoms with van der Waals surface area (Å²) in [6.07, 6.45) is 0.685. The zero-order valence-electron chi connectivity index (χ0n) is 9.90. The van der Waals surface area contributed by atoms with Gasteiger partial charge in [-0.3, -0.25) is 9.89 Å². The van der Waals surface area contributed by atoms with Gasteiger partial charge in [0.1, 0.15) is 11.6 Å². The number of H-pyrrole nitrogens is 1. The van der Waals surface area contributed by atoms with Crippen molar-refractivity contribution in [3.05, 3.63) is 47.3 Å². The summed E-state index contributed by atoms with van der Waals surface area (Å²) < 4.78 is 12.9. The van der Waals surface area contributed by atoms with E-state index in [0.717, 1.165) is 0 Å². The third kappa shape index (κ3) is 2.91. The van der Waals surface area contributed by atoms with Crippen LogP contribution in [0.1, 0.15) is 28.9 Å². The molecule has 0 aliphatic carbocycles. The number of nitrogens with zero attached hydrogens (tertiary/aromatic N) is 2. The number of hydrogen-bond acceptors (Lipinski definition) is 3. The van der Waals surface area contributed by atoms with Crippen molar-refractivity contribution in [2.45, 2.75) is 19.9 Å². The maximum absolute atomic E-state index is 12.9. The van der Waals surface area contributed by atoms with Gasteiger partial charge in [-0.1, -0.05) is 19.1 Å². The predicted octanol–water partition coefficient (Wildman–Crippen LogP) is 1.44. The first-order valence-electron chi connectivity index (χ1n) is 5.63. The number of aromatic nitrogens is 3. The molecule has 0 saturated heterocycles. The lowest BCUT2D eigenvalue weighted by atomic mass is 10.2. The molecule has 5 nitrogen and oxygen atoms in total. The Balaban J connectivity index is 1.96. The summed E-state index contributed by atoms with van der Waals surface area (Å²) in [5.74, 6) is 0.0530. The molecule has 0 atom stereocenters. The highest BCUT2D eigenvalue weighted by atomic mass is 19.1. The Morgan fingerprint density at radius 2 is 2.33 bits per heavy atom. The standard InChI is InChI=1S/C12H13FN4O/c1-2-10-15-11(17-16-10)12(18)14-7-8-4-3-5-9(13)6-8/h3-6H,2,7H2,1H3,(H,14,18)(H,15,16,17). The predicted molar refractivity (Wildman–Crippen MR) is 63.3 cm³/mol. The van der Waals surface area contributed by atoms with E-state index in [1.54, 1.807) is 12.1 Å². The fourth-order valence-corrected chi connectivity index (χ4v) is 1.46. The average Bonchev–Trinajstić information content (AvgIpc) is 2.85. The summed E-state index contributed by atoms with van der Waals surface area (Å²) in [4.78, 5) is 15.7. The summed E-state index contributed by atoms with van der Waals surface area (Å²) in [5.41, 5.74) is 0.689. The van der Waals surface area contributed by atoms with Gasteiger partial charge in [-0.25, -0.2) is 9.37 Å². The molecule has 0 saturated carbocycles. The van der Waals surface area contributed by atoms with Gasteiger partial charge in [0.15, 0.2) is 0 Å². The number of aromatic amines is 1. The zero-order valence-corrected chi connectivity index (χ0v) is 9.90. The molecule has 0 fully saturated rings. The molecular weight excluding hydrogens is 235 g/mol. The molecular formula is C12H13FN4O. The van der Waals surface area contributed by atoms with E-state index in [4.69, 9.17) is 0 Å². The van der Waals surface area contributed by atoms with Gasteiger partial charge in [0.05, 0.1) is 0 Å². The summed E-state index contributed by atoms with van der Waals surface area (Å²) in [5, 5.41) is 9.09. The van der Waals surface area contributed by atoms with E-state index in [-0.39, 0.29) is 24.1 Å². The van der Waals surface area contributed by atoms with Crippen LogP contribution in [0.25, 0.3) is 0 Å². The lowest BCUT2D eigenvalue weighted by Crippen LogP contribution is -2.24. The van der Waals surface area contributed by atoms with Crippen LogP contribution in [0.4, 0.5) is 4.39 Å². The smallest absolute Gasteiger partial charge is 0.291 e. The highest BCUT2D eigenvalue weighted by molar-refractivity contribution is 5.90. The molecule has 1 aromatic heterocycles. The van der Waals surface area contributed by atoms with E-state index in [9.17, 15) is 9.18 Å². The number of nitrogens with one attached hydrogen (secondary N) is 2. The SMILES string of the molecule is CCc1nc(C(=O)NCc2cccc(F)c2)n[nH]1. The summed E-state index contributed by atoms with van der Waals surface area (Å²) in [7, 11) is 0. The monoisotopic (exact) mass is 248 g/mol. The van der Waals surface area contributed by atoms with E-state index in [1.807, 2.05) is 6.92 Å². The van der Waals surface area contributed by atoms with E-state index in [1.165, 1.54) is 12.1 Å². The first-order chi connectivity index (χ1) is 8.69. The van der Waals surface area contributed by atoms with Crippen LogP contribution in [0, 0.1) is 5.82 Å². The molecule has 2 rings (SSSR count). The van der Waals surface area contributed by atoms with Crippen molar-refractivity contribution in [1.82, 2.24) is 20.5 Å². The molecule has 2 N–H and O–H groups in total. The van der Waals surface area contributed by atoms with Crippen molar-refractivity contribution in [3.8, 4) is 0 Å². The Bertz CT molecular complexity index is 553. The number of carbonyl (C=O) groups is 1. The molecule has 0 aliphatic rings. The van der Waals surface area contributed by atoms with Gasteiger partial charge in [-0.05, 0) is 17.7 Å². The molecule has 2 aromatic rings. The Morgan fingerprint density at radius 3 is 3.00 bits per heavy atom. The molecule has 18 heavy (non-hydrogen) atoms. The van der Waals surface area contributed by atoms with E-state index in [0.29, 0.717) is 17.8 Å². The molecule has 1 heterocycles. The minimum absolute atomic E-state index is 0.100. The molecule has 0 spiro atoms. The molecule has 94 valence electrons. The second-order valence-corrected chi connectivity index (χ2v) is 3.77. The molecule has 1 aromatic carbocycles. The highest BCUT2D eigenvalue weighted by Crippen LogP contribution is 2.03. The van der Waals surface area contributed by atoms with Crippen LogP contribution in [0.3, 0.4) is 0 Å². The molecule has 1 amide bonds. The Kier molecular flexibility index (Phi) is 3.66. The Labute approximate surface area is 103 Å². The first-order valence-corrected chi connectivity index (χ1v) is 5.63. The minimum Gasteiger partial charge on any atom is -0.345 e. The van der Waals surface area contributed by atoms with E-state index < -0.39 is 0 Å². The van der Waals surface area contributed by atoms with Crippen molar-refractivity contribution in [3.63, 3.8) is 0 Å². The quantitative estimate of drug-likeness (QED) is 0.860. The number of halogens is 1. The molecule has 0 unspecified atom stereocenters. The van der Waals surface area contributed by atoms with Crippen LogP contribution in [0.5, 0.6) is 0 Å². The summed E-state index contributed by atoms with van der Waals surface area (Å²) >= 11 is 0. The number of aryl methyl sites for hydroxylation is 1. The zero-order chi connectivity index (χ0) is 13.0. The van der Waals surface area contributed by atoms with Crippen molar-refractivity contribution < 1.29 is 9.18 Å². The normalized spacial score (nSPS) is 10.3. The molecule has 0 bridgehead atoms. The number of rotatable bonds is 4. The maximum atomic E-state index is 12.9. The van der Waals surface area contributed by atoms with Crippen LogP contribution in [-0.4, -0.2) is 21.1 Å². The van der Waals surface area contributed by atoms with Gasteiger partial charge < -0.3 is 5.32 Å². The number of hydrogen-bond donors (Lipinski definition) is 2. The third-order valence-electron chi connectivity index (χ3n) is 2.41. The van der Waals surface area contributed by atoms with Gasteiger partial charge in [0, 0.05) is 13.0 Å². The van der Waals surface area contributed by atoms with Crippen molar-refractivity contribution in [2.75, 3.05) is 0 Å². The minimum atomic E-state index is -0.379. The first kappa shape index (κ1) is 12.2. The fraction of sp³-hybridized carbons (Fsp3) is 0.250.